The van der Waals surface area contributed by atoms with Gasteiger partial charge in [0, 0.05) is 19.3 Å². The quantitative estimate of drug-likeness (QED) is 0.0199. The van der Waals surface area contributed by atoms with E-state index in [0.717, 1.165) is 103 Å². The summed E-state index contributed by atoms with van der Waals surface area (Å²) in [5.74, 6) is -1.03. The lowest BCUT2D eigenvalue weighted by Gasteiger charge is -2.18. The largest absolute Gasteiger partial charge is 0.462 e. The predicted molar refractivity (Wildman–Crippen MR) is 279 cm³/mol. The Morgan fingerprint density at radius 3 is 1.14 bits per heavy atom. The molecule has 6 heteroatoms. The van der Waals surface area contributed by atoms with Crippen molar-refractivity contribution in [2.24, 2.45) is 0 Å². The summed E-state index contributed by atoms with van der Waals surface area (Å²) >= 11 is 0. The van der Waals surface area contributed by atoms with E-state index in [0.29, 0.717) is 19.3 Å². The lowest BCUT2D eigenvalue weighted by molar-refractivity contribution is -0.167. The molecule has 0 aliphatic carbocycles. The van der Waals surface area contributed by atoms with Gasteiger partial charge in [0.25, 0.3) is 0 Å². The monoisotopic (exact) mass is 901 g/mol. The molecule has 0 spiro atoms. The van der Waals surface area contributed by atoms with Crippen LogP contribution in [0.2, 0.25) is 0 Å². The molecule has 0 N–H and O–H groups in total. The molecule has 0 aliphatic rings. The maximum absolute atomic E-state index is 12.8. The molecule has 0 amide bonds. The SMILES string of the molecule is CC/C=C\C/C=C\C/C=C\CCCCCCC(=O)OCC(COC(=O)CCC/C=C\C/C=C\C/C=C\C/C=C\CCCCC)OC(=O)CCCCC/C=C\C=C/CCCCCCCCC. The molecule has 0 bridgehead atoms. The van der Waals surface area contributed by atoms with Crippen molar-refractivity contribution >= 4 is 17.9 Å². The molecule has 0 saturated carbocycles. The third kappa shape index (κ3) is 50.9. The van der Waals surface area contributed by atoms with Crippen LogP contribution >= 0.6 is 0 Å². The Hall–Kier alpha value is -3.93. The van der Waals surface area contributed by atoms with Crippen LogP contribution in [-0.2, 0) is 28.6 Å². The normalized spacial score (nSPS) is 13.0. The van der Waals surface area contributed by atoms with E-state index in [4.69, 9.17) is 14.2 Å². The lowest BCUT2D eigenvalue weighted by atomic mass is 10.1. The van der Waals surface area contributed by atoms with E-state index in [1.807, 2.05) is 0 Å². The molecule has 65 heavy (non-hydrogen) atoms. The standard InChI is InChI=1S/C59H96O6/c1-4-7-10-13-16-19-22-25-28-30-32-34-37-40-43-46-49-52-58(61)64-55-56(54-63-57(60)51-48-45-42-39-36-33-27-24-21-18-15-12-9-6-3)65-59(62)53-50-47-44-41-38-35-31-29-26-23-20-17-14-11-8-5-2/h9,12,16,18-19,21,25,27-29,31-35,38,40,43,56H,4-8,10-11,13-15,17,20,22-24,26,30,36-37,39,41-42,44-55H2,1-3H3/b12-9-,19-16-,21-18-,28-25-,31-29-,33-27-,34-32-,38-35-,43-40-. The molecule has 0 radical (unpaired) electrons. The Bertz CT molecular complexity index is 1360. The summed E-state index contributed by atoms with van der Waals surface area (Å²) in [4.78, 5) is 38.0. The van der Waals surface area contributed by atoms with Crippen LogP contribution in [0.3, 0.4) is 0 Å². The summed E-state index contributed by atoms with van der Waals surface area (Å²) in [5.41, 5.74) is 0. The van der Waals surface area contributed by atoms with E-state index in [-0.39, 0.29) is 44.0 Å². The third-order valence-corrected chi connectivity index (χ3v) is 10.8. The number of carbonyl (C=O) groups excluding carboxylic acids is 3. The minimum Gasteiger partial charge on any atom is -0.462 e. The van der Waals surface area contributed by atoms with Crippen LogP contribution in [0.15, 0.2) is 109 Å². The van der Waals surface area contributed by atoms with Crippen molar-refractivity contribution in [2.45, 2.75) is 232 Å². The Morgan fingerprint density at radius 2 is 0.662 bits per heavy atom. The fourth-order valence-corrected chi connectivity index (χ4v) is 6.79. The molecule has 0 saturated heterocycles. The number of hydrogen-bond acceptors (Lipinski definition) is 6. The number of hydrogen-bond donors (Lipinski definition) is 0. The fourth-order valence-electron chi connectivity index (χ4n) is 6.79. The summed E-state index contributed by atoms with van der Waals surface area (Å²) in [6.07, 6.45) is 70.8. The average molecular weight is 901 g/mol. The maximum atomic E-state index is 12.8. The highest BCUT2D eigenvalue weighted by Crippen LogP contribution is 2.12. The van der Waals surface area contributed by atoms with Gasteiger partial charge in [0.1, 0.15) is 13.2 Å². The van der Waals surface area contributed by atoms with Gasteiger partial charge >= 0.3 is 17.9 Å². The van der Waals surface area contributed by atoms with Gasteiger partial charge in [-0.25, -0.2) is 0 Å². The minimum absolute atomic E-state index is 0.120. The van der Waals surface area contributed by atoms with Gasteiger partial charge in [0.2, 0.25) is 0 Å². The maximum Gasteiger partial charge on any atom is 0.306 e. The number of esters is 3. The van der Waals surface area contributed by atoms with Crippen molar-refractivity contribution in [1.82, 2.24) is 0 Å². The van der Waals surface area contributed by atoms with Gasteiger partial charge in [-0.2, -0.15) is 0 Å². The number of carbonyl (C=O) groups is 3. The molecule has 0 aromatic carbocycles. The predicted octanol–water partition coefficient (Wildman–Crippen LogP) is 17.5. The van der Waals surface area contributed by atoms with Crippen molar-refractivity contribution < 1.29 is 28.6 Å². The van der Waals surface area contributed by atoms with E-state index in [1.54, 1.807) is 0 Å². The summed E-state index contributed by atoms with van der Waals surface area (Å²) in [7, 11) is 0. The number of unbranched alkanes of at least 4 members (excludes halogenated alkanes) is 18. The first-order chi connectivity index (χ1) is 32.0. The molecule has 0 aromatic heterocycles. The summed E-state index contributed by atoms with van der Waals surface area (Å²) in [5, 5.41) is 0. The highest BCUT2D eigenvalue weighted by atomic mass is 16.6. The Labute approximate surface area is 400 Å². The van der Waals surface area contributed by atoms with Gasteiger partial charge in [0.15, 0.2) is 6.10 Å². The second kappa shape index (κ2) is 52.7. The Balaban J connectivity index is 4.57. The van der Waals surface area contributed by atoms with E-state index < -0.39 is 6.10 Å². The summed E-state index contributed by atoms with van der Waals surface area (Å²) in [6.45, 7) is 6.39. The number of allylic oxidation sites excluding steroid dienone is 18. The molecule has 0 heterocycles. The van der Waals surface area contributed by atoms with Gasteiger partial charge in [0.05, 0.1) is 0 Å². The summed E-state index contributed by atoms with van der Waals surface area (Å²) in [6, 6.07) is 0. The van der Waals surface area contributed by atoms with Crippen LogP contribution in [0.4, 0.5) is 0 Å². The van der Waals surface area contributed by atoms with Crippen molar-refractivity contribution in [1.29, 1.82) is 0 Å². The first kappa shape index (κ1) is 61.1. The summed E-state index contributed by atoms with van der Waals surface area (Å²) < 4.78 is 16.7. The molecule has 1 unspecified atom stereocenters. The van der Waals surface area contributed by atoms with Crippen LogP contribution in [0, 0.1) is 0 Å². The lowest BCUT2D eigenvalue weighted by Crippen LogP contribution is -2.30. The highest BCUT2D eigenvalue weighted by Gasteiger charge is 2.19. The zero-order chi connectivity index (χ0) is 47.2. The van der Waals surface area contributed by atoms with Crippen molar-refractivity contribution in [2.75, 3.05) is 13.2 Å². The average Bonchev–Trinajstić information content (AvgIpc) is 3.30. The van der Waals surface area contributed by atoms with Crippen LogP contribution < -0.4 is 0 Å². The molecule has 1 atom stereocenters. The van der Waals surface area contributed by atoms with Gasteiger partial charge in [-0.1, -0.05) is 201 Å². The Kier molecular flexibility index (Phi) is 49.5. The molecular formula is C59H96O6. The molecule has 368 valence electrons. The van der Waals surface area contributed by atoms with E-state index >= 15 is 0 Å². The Morgan fingerprint density at radius 1 is 0.338 bits per heavy atom. The van der Waals surface area contributed by atoms with Crippen molar-refractivity contribution in [3.8, 4) is 0 Å². The van der Waals surface area contributed by atoms with Gasteiger partial charge < -0.3 is 14.2 Å². The molecule has 0 rings (SSSR count). The molecular weight excluding hydrogens is 805 g/mol. The first-order valence-corrected chi connectivity index (χ1v) is 26.4. The van der Waals surface area contributed by atoms with Gasteiger partial charge in [-0.15, -0.1) is 0 Å². The second-order valence-electron chi connectivity index (χ2n) is 17.1. The highest BCUT2D eigenvalue weighted by molar-refractivity contribution is 5.71. The van der Waals surface area contributed by atoms with Gasteiger partial charge in [-0.3, -0.25) is 14.4 Å². The van der Waals surface area contributed by atoms with Crippen LogP contribution in [0.5, 0.6) is 0 Å². The zero-order valence-electron chi connectivity index (χ0n) is 42.0. The van der Waals surface area contributed by atoms with Crippen molar-refractivity contribution in [3.63, 3.8) is 0 Å². The molecule has 0 fully saturated rings. The number of ether oxygens (including phenoxy) is 3. The second-order valence-corrected chi connectivity index (χ2v) is 17.1. The third-order valence-electron chi connectivity index (χ3n) is 10.8. The van der Waals surface area contributed by atoms with Crippen LogP contribution in [0.25, 0.3) is 0 Å². The van der Waals surface area contributed by atoms with Crippen LogP contribution in [0.1, 0.15) is 226 Å². The van der Waals surface area contributed by atoms with Gasteiger partial charge in [-0.05, 0) is 116 Å². The topological polar surface area (TPSA) is 78.9 Å². The number of rotatable bonds is 46. The zero-order valence-corrected chi connectivity index (χ0v) is 42.0. The fraction of sp³-hybridized carbons (Fsp3) is 0.644. The molecule has 0 aliphatic heterocycles. The molecule has 0 aromatic rings. The minimum atomic E-state index is -0.825. The molecule has 6 nitrogen and oxygen atoms in total. The first-order valence-electron chi connectivity index (χ1n) is 26.4. The van der Waals surface area contributed by atoms with E-state index in [1.165, 1.54) is 70.6 Å². The van der Waals surface area contributed by atoms with Crippen molar-refractivity contribution in [3.05, 3.63) is 109 Å². The van der Waals surface area contributed by atoms with Crippen LogP contribution in [-0.4, -0.2) is 37.2 Å². The smallest absolute Gasteiger partial charge is 0.306 e. The van der Waals surface area contributed by atoms with E-state index in [2.05, 4.69) is 130 Å². The van der Waals surface area contributed by atoms with E-state index in [9.17, 15) is 14.4 Å².